The van der Waals surface area contributed by atoms with E-state index in [-0.39, 0.29) is 6.61 Å². The normalized spacial score (nSPS) is 13.5. The van der Waals surface area contributed by atoms with Crippen LogP contribution in [0.3, 0.4) is 0 Å². The van der Waals surface area contributed by atoms with Gasteiger partial charge in [-0.2, -0.15) is 0 Å². The van der Waals surface area contributed by atoms with Gasteiger partial charge in [-0.3, -0.25) is 0 Å². The first kappa shape index (κ1) is 11.2. The number of aliphatic hydroxyl groups excluding tert-OH is 1. The molecule has 0 amide bonds. The molecule has 0 bridgehead atoms. The Morgan fingerprint density at radius 2 is 2.25 bits per heavy atom. The number of aliphatic carboxylic acids is 1. The molecule has 3 heteroatoms. The van der Waals surface area contributed by atoms with Crippen LogP contribution in [-0.4, -0.2) is 22.8 Å². The number of rotatable bonds is 6. The van der Waals surface area contributed by atoms with Gasteiger partial charge in [0.1, 0.15) is 0 Å². The summed E-state index contributed by atoms with van der Waals surface area (Å²) in [4.78, 5) is 10.1. The van der Waals surface area contributed by atoms with Gasteiger partial charge in [0.2, 0.25) is 0 Å². The van der Waals surface area contributed by atoms with Crippen LogP contribution in [0.15, 0.2) is 12.2 Å². The molecule has 0 saturated carbocycles. The van der Waals surface area contributed by atoms with Gasteiger partial charge in [-0.05, 0) is 25.2 Å². The van der Waals surface area contributed by atoms with Gasteiger partial charge in [-0.25, -0.2) is 4.79 Å². The number of carboxylic acids is 1. The zero-order valence-corrected chi connectivity index (χ0v) is 7.36. The SMILES string of the molecule is C[C@@H](C/C=C/C(=O)O)CCCO. The van der Waals surface area contributed by atoms with Crippen molar-refractivity contribution in [3.8, 4) is 0 Å². The Hall–Kier alpha value is -0.830. The van der Waals surface area contributed by atoms with E-state index < -0.39 is 5.97 Å². The lowest BCUT2D eigenvalue weighted by molar-refractivity contribution is -0.131. The minimum absolute atomic E-state index is 0.215. The molecule has 0 spiro atoms. The summed E-state index contributed by atoms with van der Waals surface area (Å²) in [7, 11) is 0. The zero-order chi connectivity index (χ0) is 9.40. The molecular formula is C9H16O3. The number of hydrogen-bond donors (Lipinski definition) is 2. The van der Waals surface area contributed by atoms with E-state index in [2.05, 4.69) is 0 Å². The van der Waals surface area contributed by atoms with Crippen molar-refractivity contribution in [2.45, 2.75) is 26.2 Å². The minimum atomic E-state index is -0.899. The van der Waals surface area contributed by atoms with Crippen LogP contribution in [0.4, 0.5) is 0 Å². The van der Waals surface area contributed by atoms with Crippen molar-refractivity contribution in [2.75, 3.05) is 6.61 Å². The summed E-state index contributed by atoms with van der Waals surface area (Å²) in [6, 6.07) is 0. The predicted octanol–water partition coefficient (Wildman–Crippen LogP) is 1.43. The van der Waals surface area contributed by atoms with Crippen LogP contribution in [0.1, 0.15) is 26.2 Å². The second kappa shape index (κ2) is 6.85. The van der Waals surface area contributed by atoms with Gasteiger partial charge in [-0.1, -0.05) is 13.0 Å². The lowest BCUT2D eigenvalue weighted by atomic mass is 10.0. The molecule has 0 aliphatic carbocycles. The smallest absolute Gasteiger partial charge is 0.327 e. The quantitative estimate of drug-likeness (QED) is 0.596. The number of aliphatic hydroxyl groups is 1. The van der Waals surface area contributed by atoms with Crippen LogP contribution in [0.25, 0.3) is 0 Å². The first-order valence-corrected chi connectivity index (χ1v) is 4.17. The number of hydrogen-bond acceptors (Lipinski definition) is 2. The van der Waals surface area contributed by atoms with Crippen molar-refractivity contribution < 1.29 is 15.0 Å². The van der Waals surface area contributed by atoms with Crippen molar-refractivity contribution in [3.05, 3.63) is 12.2 Å². The van der Waals surface area contributed by atoms with Crippen LogP contribution in [0, 0.1) is 5.92 Å². The summed E-state index contributed by atoms with van der Waals surface area (Å²) in [5.74, 6) is -0.447. The van der Waals surface area contributed by atoms with E-state index in [0.29, 0.717) is 5.92 Å². The fourth-order valence-electron chi connectivity index (χ4n) is 0.959. The van der Waals surface area contributed by atoms with Crippen molar-refractivity contribution in [1.29, 1.82) is 0 Å². The zero-order valence-electron chi connectivity index (χ0n) is 7.36. The van der Waals surface area contributed by atoms with E-state index >= 15 is 0 Å². The average Bonchev–Trinajstić information content (AvgIpc) is 2.00. The molecular weight excluding hydrogens is 156 g/mol. The molecule has 0 aromatic rings. The van der Waals surface area contributed by atoms with Crippen molar-refractivity contribution in [1.82, 2.24) is 0 Å². The highest BCUT2D eigenvalue weighted by Crippen LogP contribution is 2.09. The van der Waals surface area contributed by atoms with Crippen LogP contribution in [0.2, 0.25) is 0 Å². The second-order valence-electron chi connectivity index (χ2n) is 2.95. The number of allylic oxidation sites excluding steroid dienone is 1. The van der Waals surface area contributed by atoms with Gasteiger partial charge in [0.15, 0.2) is 0 Å². The Kier molecular flexibility index (Phi) is 6.38. The highest BCUT2D eigenvalue weighted by molar-refractivity contribution is 5.79. The topological polar surface area (TPSA) is 57.5 Å². The lowest BCUT2D eigenvalue weighted by Gasteiger charge is -2.05. The summed E-state index contributed by atoms with van der Waals surface area (Å²) in [6.07, 6.45) is 5.33. The maximum atomic E-state index is 10.1. The molecule has 0 unspecified atom stereocenters. The van der Waals surface area contributed by atoms with E-state index in [1.54, 1.807) is 6.08 Å². The molecule has 0 fully saturated rings. The summed E-state index contributed by atoms with van der Waals surface area (Å²) < 4.78 is 0. The summed E-state index contributed by atoms with van der Waals surface area (Å²) in [5.41, 5.74) is 0. The second-order valence-corrected chi connectivity index (χ2v) is 2.95. The standard InChI is InChI=1S/C9H16O3/c1-8(5-3-7-10)4-2-6-9(11)12/h2,6,8,10H,3-5,7H2,1H3,(H,11,12)/b6-2+/t8-/m0/s1. The molecule has 70 valence electrons. The summed E-state index contributed by atoms with van der Waals surface area (Å²) in [5, 5.41) is 16.8. The van der Waals surface area contributed by atoms with Crippen LogP contribution in [0.5, 0.6) is 0 Å². The largest absolute Gasteiger partial charge is 0.478 e. The Morgan fingerprint density at radius 3 is 2.75 bits per heavy atom. The van der Waals surface area contributed by atoms with Crippen LogP contribution >= 0.6 is 0 Å². The summed E-state index contributed by atoms with van der Waals surface area (Å²) in [6.45, 7) is 2.26. The van der Waals surface area contributed by atoms with Crippen LogP contribution < -0.4 is 0 Å². The Balaban J connectivity index is 3.42. The Morgan fingerprint density at radius 1 is 1.58 bits per heavy atom. The molecule has 0 radical (unpaired) electrons. The van der Waals surface area contributed by atoms with E-state index in [1.807, 2.05) is 6.92 Å². The van der Waals surface area contributed by atoms with Gasteiger partial charge in [-0.15, -0.1) is 0 Å². The van der Waals surface area contributed by atoms with Gasteiger partial charge in [0.25, 0.3) is 0 Å². The molecule has 1 atom stereocenters. The molecule has 3 nitrogen and oxygen atoms in total. The molecule has 0 saturated heterocycles. The molecule has 0 aliphatic heterocycles. The predicted molar refractivity (Wildman–Crippen MR) is 46.9 cm³/mol. The number of carboxylic acid groups (broad SMARTS) is 1. The maximum absolute atomic E-state index is 10.1. The Labute approximate surface area is 72.7 Å². The van der Waals surface area contributed by atoms with E-state index in [4.69, 9.17) is 10.2 Å². The Bertz CT molecular complexity index is 152. The highest BCUT2D eigenvalue weighted by Gasteiger charge is 1.98. The molecule has 0 aliphatic rings. The molecule has 2 N–H and O–H groups in total. The van der Waals surface area contributed by atoms with Crippen molar-refractivity contribution in [3.63, 3.8) is 0 Å². The van der Waals surface area contributed by atoms with Gasteiger partial charge < -0.3 is 10.2 Å². The first-order chi connectivity index (χ1) is 5.66. The van der Waals surface area contributed by atoms with E-state index in [1.165, 1.54) is 0 Å². The fourth-order valence-corrected chi connectivity index (χ4v) is 0.959. The third kappa shape index (κ3) is 7.28. The third-order valence-electron chi connectivity index (χ3n) is 1.65. The first-order valence-electron chi connectivity index (χ1n) is 4.17. The summed E-state index contributed by atoms with van der Waals surface area (Å²) >= 11 is 0. The fraction of sp³-hybridized carbons (Fsp3) is 0.667. The van der Waals surface area contributed by atoms with Gasteiger partial charge >= 0.3 is 5.97 Å². The minimum Gasteiger partial charge on any atom is -0.478 e. The van der Waals surface area contributed by atoms with E-state index in [0.717, 1.165) is 25.3 Å². The lowest BCUT2D eigenvalue weighted by Crippen LogP contribution is -1.95. The van der Waals surface area contributed by atoms with Gasteiger partial charge in [0.05, 0.1) is 0 Å². The van der Waals surface area contributed by atoms with Crippen LogP contribution in [-0.2, 0) is 4.79 Å². The number of carbonyl (C=O) groups is 1. The highest BCUT2D eigenvalue weighted by atomic mass is 16.4. The van der Waals surface area contributed by atoms with Crippen molar-refractivity contribution in [2.24, 2.45) is 5.92 Å². The van der Waals surface area contributed by atoms with Gasteiger partial charge in [0, 0.05) is 12.7 Å². The van der Waals surface area contributed by atoms with Crippen molar-refractivity contribution >= 4 is 5.97 Å². The monoisotopic (exact) mass is 172 g/mol. The average molecular weight is 172 g/mol. The molecule has 0 aromatic heterocycles. The molecule has 0 rings (SSSR count). The third-order valence-corrected chi connectivity index (χ3v) is 1.65. The molecule has 12 heavy (non-hydrogen) atoms. The van der Waals surface area contributed by atoms with E-state index in [9.17, 15) is 4.79 Å². The molecule has 0 heterocycles. The molecule has 0 aromatic carbocycles. The maximum Gasteiger partial charge on any atom is 0.327 e.